The maximum absolute atomic E-state index is 13.0. The second-order valence-corrected chi connectivity index (χ2v) is 7.10. The third-order valence-electron chi connectivity index (χ3n) is 4.87. The number of piperidine rings is 1. The van der Waals surface area contributed by atoms with Crippen molar-refractivity contribution in [1.82, 2.24) is 14.2 Å². The summed E-state index contributed by atoms with van der Waals surface area (Å²) >= 11 is 1.38. The van der Waals surface area contributed by atoms with Crippen LogP contribution in [0.1, 0.15) is 30.3 Å². The molecule has 3 fully saturated rings. The van der Waals surface area contributed by atoms with Crippen molar-refractivity contribution in [3.8, 4) is 5.75 Å². The fourth-order valence-corrected chi connectivity index (χ4v) is 4.42. The number of nitrogens with zero attached hydrogens (tertiary/aromatic N) is 3. The van der Waals surface area contributed by atoms with E-state index in [2.05, 4.69) is 14.2 Å². The van der Waals surface area contributed by atoms with Crippen molar-refractivity contribution in [2.45, 2.75) is 25.8 Å². The van der Waals surface area contributed by atoms with E-state index in [9.17, 15) is 4.79 Å². The number of hydrogen-bond donors (Lipinski definition) is 1. The number of carboxylic acid groups (broad SMARTS) is 1. The summed E-state index contributed by atoms with van der Waals surface area (Å²) < 4.78 is 11.0. The lowest BCUT2D eigenvalue weighted by atomic mass is 10.0. The molecule has 5 rings (SSSR count). The van der Waals surface area contributed by atoms with Crippen molar-refractivity contribution in [3.05, 3.63) is 23.9 Å². The molecule has 0 spiro atoms. The molecule has 1 aromatic carbocycles. The number of amides is 1. The highest BCUT2D eigenvalue weighted by atomic mass is 32.1. The van der Waals surface area contributed by atoms with Gasteiger partial charge in [-0.2, -0.15) is 4.37 Å². The minimum absolute atomic E-state index is 0.0918. The summed E-state index contributed by atoms with van der Waals surface area (Å²) in [7, 11) is 0. The van der Waals surface area contributed by atoms with Gasteiger partial charge in [-0.3, -0.25) is 9.59 Å². The van der Waals surface area contributed by atoms with Crippen LogP contribution in [0.4, 0.5) is 0 Å². The van der Waals surface area contributed by atoms with Crippen LogP contribution >= 0.6 is 11.5 Å². The Hall–Kier alpha value is -2.19. The molecule has 0 radical (unpaired) electrons. The zero-order chi connectivity index (χ0) is 18.5. The van der Waals surface area contributed by atoms with Crippen LogP contribution in [0.25, 0.3) is 10.1 Å². The molecule has 2 aromatic rings. The minimum atomic E-state index is -0.250. The van der Waals surface area contributed by atoms with Crippen molar-refractivity contribution in [2.75, 3.05) is 32.8 Å². The Morgan fingerprint density at radius 1 is 1.35 bits per heavy atom. The summed E-state index contributed by atoms with van der Waals surface area (Å²) in [5.74, 6) is 0.929. The van der Waals surface area contributed by atoms with Crippen LogP contribution in [0.3, 0.4) is 0 Å². The summed E-state index contributed by atoms with van der Waals surface area (Å²) in [6, 6.07) is 6.25. The normalized spacial score (nSPS) is 21.7. The number of carbonyl (C=O) groups excluding carboxylic acids is 1. The molecule has 0 unspecified atom stereocenters. The van der Waals surface area contributed by atoms with Gasteiger partial charge in [-0.15, -0.1) is 0 Å². The molecule has 4 heterocycles. The molecule has 8 heteroatoms. The second kappa shape index (κ2) is 8.46. The Labute approximate surface area is 156 Å². The van der Waals surface area contributed by atoms with E-state index in [1.165, 1.54) is 11.5 Å². The van der Waals surface area contributed by atoms with Gasteiger partial charge in [0.05, 0.1) is 11.3 Å². The predicted molar refractivity (Wildman–Crippen MR) is 100.0 cm³/mol. The van der Waals surface area contributed by atoms with Gasteiger partial charge in [-0.25, -0.2) is 0 Å². The average molecular weight is 377 g/mol. The molecular formula is C18H23N3O4S. The largest absolute Gasteiger partial charge is 0.494 e. The number of fused-ring (bicyclic) bond motifs is 5. The maximum atomic E-state index is 13.0. The molecule has 26 heavy (non-hydrogen) atoms. The van der Waals surface area contributed by atoms with Crippen LogP contribution in [0.15, 0.2) is 18.2 Å². The number of aromatic nitrogens is 1. The van der Waals surface area contributed by atoms with Crippen molar-refractivity contribution >= 4 is 34.0 Å². The Kier molecular flexibility index (Phi) is 6.05. The van der Waals surface area contributed by atoms with E-state index in [1.54, 1.807) is 0 Å². The highest BCUT2D eigenvalue weighted by Gasteiger charge is 2.33. The fourth-order valence-electron chi connectivity index (χ4n) is 3.62. The zero-order valence-electron chi connectivity index (χ0n) is 14.8. The van der Waals surface area contributed by atoms with Gasteiger partial charge in [0.25, 0.3) is 12.4 Å². The van der Waals surface area contributed by atoms with E-state index in [0.29, 0.717) is 18.3 Å². The van der Waals surface area contributed by atoms with Crippen molar-refractivity contribution < 1.29 is 19.4 Å². The van der Waals surface area contributed by atoms with Crippen molar-refractivity contribution in [2.24, 2.45) is 0 Å². The second-order valence-electron chi connectivity index (χ2n) is 6.30. The number of carbonyl (C=O) groups is 2. The predicted octanol–water partition coefficient (Wildman–Crippen LogP) is 2.32. The number of benzene rings is 1. The van der Waals surface area contributed by atoms with Gasteiger partial charge in [0.2, 0.25) is 0 Å². The first-order valence-corrected chi connectivity index (χ1v) is 9.58. The topological polar surface area (TPSA) is 83.0 Å². The fraction of sp³-hybridized carbons (Fsp3) is 0.500. The van der Waals surface area contributed by atoms with Crippen molar-refractivity contribution in [1.29, 1.82) is 0 Å². The number of rotatable bonds is 3. The summed E-state index contributed by atoms with van der Waals surface area (Å²) in [5.41, 5.74) is 0.605. The van der Waals surface area contributed by atoms with Crippen LogP contribution in [-0.4, -0.2) is 70.5 Å². The summed E-state index contributed by atoms with van der Waals surface area (Å²) in [6.07, 6.45) is 2.17. The first-order valence-electron chi connectivity index (χ1n) is 8.81. The molecule has 3 aliphatic rings. The molecule has 1 N–H and O–H groups in total. The lowest BCUT2D eigenvalue weighted by Crippen LogP contribution is -2.41. The lowest BCUT2D eigenvalue weighted by Gasteiger charge is -2.31. The van der Waals surface area contributed by atoms with Gasteiger partial charge < -0.3 is 19.6 Å². The van der Waals surface area contributed by atoms with Crippen LogP contribution in [-0.2, 0) is 4.79 Å². The molecule has 0 aliphatic carbocycles. The van der Waals surface area contributed by atoms with E-state index in [0.717, 1.165) is 54.9 Å². The Morgan fingerprint density at radius 3 is 2.77 bits per heavy atom. The molecule has 0 atom stereocenters. The lowest BCUT2D eigenvalue weighted by molar-refractivity contribution is -0.122. The Balaban J connectivity index is 0.000000613. The van der Waals surface area contributed by atoms with Gasteiger partial charge in [-0.05, 0) is 49.5 Å². The number of hydrogen-bond acceptors (Lipinski definition) is 6. The quantitative estimate of drug-likeness (QED) is 0.827. The summed E-state index contributed by atoms with van der Waals surface area (Å²) in [6.45, 7) is 6.39. The Bertz CT molecular complexity index is 771. The molecule has 1 amide bonds. The minimum Gasteiger partial charge on any atom is -0.494 e. The van der Waals surface area contributed by atoms with Crippen LogP contribution in [0.2, 0.25) is 0 Å². The smallest absolute Gasteiger partial charge is 0.290 e. The summed E-state index contributed by atoms with van der Waals surface area (Å²) in [5, 5.41) is 7.84. The highest BCUT2D eigenvalue weighted by Crippen LogP contribution is 2.30. The summed E-state index contributed by atoms with van der Waals surface area (Å²) in [4.78, 5) is 25.9. The first-order chi connectivity index (χ1) is 12.7. The van der Waals surface area contributed by atoms with Crippen LogP contribution in [0, 0.1) is 0 Å². The average Bonchev–Trinajstić information content (AvgIpc) is 2.83. The molecule has 7 nitrogen and oxygen atoms in total. The molecule has 3 saturated heterocycles. The maximum Gasteiger partial charge on any atom is 0.290 e. The number of ether oxygens (including phenoxy) is 1. The van der Waals surface area contributed by atoms with Gasteiger partial charge in [-0.1, -0.05) is 0 Å². The Morgan fingerprint density at radius 2 is 2.08 bits per heavy atom. The zero-order valence-corrected chi connectivity index (χ0v) is 15.6. The van der Waals surface area contributed by atoms with Gasteiger partial charge in [0, 0.05) is 37.6 Å². The monoisotopic (exact) mass is 377 g/mol. The van der Waals surface area contributed by atoms with E-state index in [4.69, 9.17) is 14.6 Å². The SMILES string of the molecule is CCOc1ccc2c(C(=O)N3CCN4CCC3CC4)nsc2c1.O=CO. The van der Waals surface area contributed by atoms with Crippen molar-refractivity contribution in [3.63, 3.8) is 0 Å². The molecule has 3 aliphatic heterocycles. The van der Waals surface area contributed by atoms with Crippen LogP contribution < -0.4 is 4.74 Å². The molecule has 0 saturated carbocycles. The van der Waals surface area contributed by atoms with Gasteiger partial charge in [0.15, 0.2) is 0 Å². The molecule has 1 aromatic heterocycles. The van der Waals surface area contributed by atoms with E-state index >= 15 is 0 Å². The molecule has 140 valence electrons. The van der Waals surface area contributed by atoms with E-state index in [1.807, 2.05) is 25.1 Å². The third kappa shape index (κ3) is 3.81. The molecular weight excluding hydrogens is 354 g/mol. The van der Waals surface area contributed by atoms with E-state index < -0.39 is 0 Å². The first kappa shape index (κ1) is 18.6. The standard InChI is InChI=1S/C17H21N3O2S.CH2O2/c1-2-22-13-3-4-14-15(11-13)23-18-16(14)17(21)20-10-9-19-7-5-12(20)6-8-19;2-1-3/h3-4,11-12H,2,5-10H2,1H3;1H,(H,2,3). The third-order valence-corrected chi connectivity index (χ3v) is 5.68. The van der Waals surface area contributed by atoms with Crippen LogP contribution in [0.5, 0.6) is 5.75 Å². The molecule has 2 bridgehead atoms. The van der Waals surface area contributed by atoms with Gasteiger partial charge >= 0.3 is 0 Å². The van der Waals surface area contributed by atoms with Gasteiger partial charge in [0.1, 0.15) is 11.4 Å². The van der Waals surface area contributed by atoms with E-state index in [-0.39, 0.29) is 12.4 Å². The highest BCUT2D eigenvalue weighted by molar-refractivity contribution is 7.13.